The van der Waals surface area contributed by atoms with Gasteiger partial charge in [-0.25, -0.2) is 4.39 Å². The van der Waals surface area contributed by atoms with Gasteiger partial charge in [-0.1, -0.05) is 23.7 Å². The Hall–Kier alpha value is -1.84. The van der Waals surface area contributed by atoms with Crippen molar-refractivity contribution < 1.29 is 4.39 Å². The molecule has 0 aliphatic heterocycles. The van der Waals surface area contributed by atoms with Gasteiger partial charge in [-0.05, 0) is 59.8 Å². The number of rotatable bonds is 4. The van der Waals surface area contributed by atoms with Crippen molar-refractivity contribution in [1.82, 2.24) is 4.57 Å². The highest BCUT2D eigenvalue weighted by atomic mass is 35.5. The van der Waals surface area contributed by atoms with E-state index in [0.717, 1.165) is 22.9 Å². The molecule has 0 radical (unpaired) electrons. The van der Waals surface area contributed by atoms with Gasteiger partial charge in [0.2, 0.25) is 0 Å². The zero-order valence-electron chi connectivity index (χ0n) is 11.5. The van der Waals surface area contributed by atoms with E-state index in [1.165, 1.54) is 17.7 Å². The van der Waals surface area contributed by atoms with Crippen LogP contribution in [0.5, 0.6) is 0 Å². The molecule has 0 unspecified atom stereocenters. The molecule has 3 rings (SSSR count). The normalized spacial score (nSPS) is 11.2. The van der Waals surface area contributed by atoms with Crippen LogP contribution in [0, 0.1) is 5.82 Å². The maximum Gasteiger partial charge on any atom is 0.123 e. The van der Waals surface area contributed by atoms with Gasteiger partial charge in [-0.15, -0.1) is 0 Å². The number of hydrogen-bond acceptors (Lipinski definition) is 1. The number of benzene rings is 2. The molecule has 4 heteroatoms. The first-order valence-electron chi connectivity index (χ1n) is 6.89. The van der Waals surface area contributed by atoms with Gasteiger partial charge in [0, 0.05) is 23.3 Å². The van der Waals surface area contributed by atoms with Crippen molar-refractivity contribution in [2.75, 3.05) is 6.54 Å². The molecule has 3 aromatic rings. The maximum absolute atomic E-state index is 13.4. The van der Waals surface area contributed by atoms with Crippen molar-refractivity contribution >= 4 is 22.5 Å². The third-order valence-corrected chi connectivity index (χ3v) is 3.99. The van der Waals surface area contributed by atoms with Crippen molar-refractivity contribution in [2.45, 2.75) is 13.0 Å². The maximum atomic E-state index is 13.4. The molecule has 2 nitrogen and oxygen atoms in total. The van der Waals surface area contributed by atoms with Crippen molar-refractivity contribution in [3.63, 3.8) is 0 Å². The molecule has 0 aliphatic carbocycles. The Morgan fingerprint density at radius 3 is 2.76 bits per heavy atom. The molecule has 108 valence electrons. The summed E-state index contributed by atoms with van der Waals surface area (Å²) in [6, 6.07) is 12.8. The van der Waals surface area contributed by atoms with Crippen LogP contribution in [0.3, 0.4) is 0 Å². The highest BCUT2D eigenvalue weighted by Gasteiger charge is 2.07. The fourth-order valence-corrected chi connectivity index (χ4v) is 2.71. The molecular weight excluding hydrogens is 287 g/mol. The zero-order valence-corrected chi connectivity index (χ0v) is 12.3. The second kappa shape index (κ2) is 5.88. The van der Waals surface area contributed by atoms with Gasteiger partial charge in [0.05, 0.1) is 0 Å². The minimum absolute atomic E-state index is 0.269. The van der Waals surface area contributed by atoms with Crippen LogP contribution in [0.15, 0.2) is 48.7 Å². The van der Waals surface area contributed by atoms with E-state index < -0.39 is 0 Å². The Morgan fingerprint density at radius 1 is 1.10 bits per heavy atom. The van der Waals surface area contributed by atoms with Gasteiger partial charge in [-0.3, -0.25) is 0 Å². The standard InChI is InChI=1S/C17H16ClFN2/c18-16-4-3-15(19)10-14(16)11-21-8-6-13-2-1-12(5-7-20)9-17(13)21/h1-4,6,8-10H,5,7,11,20H2. The molecular formula is C17H16ClFN2. The van der Waals surface area contributed by atoms with E-state index in [4.69, 9.17) is 17.3 Å². The molecule has 21 heavy (non-hydrogen) atoms. The van der Waals surface area contributed by atoms with E-state index in [1.54, 1.807) is 6.07 Å². The number of hydrogen-bond donors (Lipinski definition) is 1. The first kappa shape index (κ1) is 14.1. The minimum atomic E-state index is -0.269. The van der Waals surface area contributed by atoms with Gasteiger partial charge < -0.3 is 10.3 Å². The van der Waals surface area contributed by atoms with E-state index >= 15 is 0 Å². The van der Waals surface area contributed by atoms with Crippen molar-refractivity contribution in [2.24, 2.45) is 5.73 Å². The zero-order chi connectivity index (χ0) is 14.8. The Labute approximate surface area is 127 Å². The topological polar surface area (TPSA) is 30.9 Å². The van der Waals surface area contributed by atoms with Crippen LogP contribution in [-0.4, -0.2) is 11.1 Å². The van der Waals surface area contributed by atoms with Crippen molar-refractivity contribution in [1.29, 1.82) is 0 Å². The highest BCUT2D eigenvalue weighted by Crippen LogP contribution is 2.23. The lowest BCUT2D eigenvalue weighted by Gasteiger charge is -2.09. The van der Waals surface area contributed by atoms with Crippen LogP contribution in [-0.2, 0) is 13.0 Å². The second-order valence-corrected chi connectivity index (χ2v) is 5.52. The minimum Gasteiger partial charge on any atom is -0.343 e. The van der Waals surface area contributed by atoms with E-state index in [1.807, 2.05) is 6.20 Å². The van der Waals surface area contributed by atoms with E-state index in [0.29, 0.717) is 18.1 Å². The van der Waals surface area contributed by atoms with Crippen LogP contribution in [0.25, 0.3) is 10.9 Å². The summed E-state index contributed by atoms with van der Waals surface area (Å²) in [5.74, 6) is -0.269. The summed E-state index contributed by atoms with van der Waals surface area (Å²) in [6.45, 7) is 1.17. The molecule has 1 heterocycles. The Morgan fingerprint density at radius 2 is 1.95 bits per heavy atom. The Bertz CT molecular complexity index is 780. The molecule has 0 fully saturated rings. The smallest absolute Gasteiger partial charge is 0.123 e. The summed E-state index contributed by atoms with van der Waals surface area (Å²) in [4.78, 5) is 0. The molecule has 1 aromatic heterocycles. The molecule has 0 saturated heterocycles. The quantitative estimate of drug-likeness (QED) is 0.776. The molecule has 0 saturated carbocycles. The van der Waals surface area contributed by atoms with Gasteiger partial charge in [0.25, 0.3) is 0 Å². The van der Waals surface area contributed by atoms with Crippen molar-refractivity contribution in [3.8, 4) is 0 Å². The summed E-state index contributed by atoms with van der Waals surface area (Å²) >= 11 is 6.15. The monoisotopic (exact) mass is 302 g/mol. The van der Waals surface area contributed by atoms with E-state index in [9.17, 15) is 4.39 Å². The number of aromatic nitrogens is 1. The summed E-state index contributed by atoms with van der Waals surface area (Å²) in [7, 11) is 0. The van der Waals surface area contributed by atoms with Gasteiger partial charge in [0.15, 0.2) is 0 Å². The first-order chi connectivity index (χ1) is 10.2. The summed E-state index contributed by atoms with van der Waals surface area (Å²) < 4.78 is 15.5. The Kier molecular flexibility index (Phi) is 3.95. The number of fused-ring (bicyclic) bond motifs is 1. The molecule has 0 aliphatic rings. The van der Waals surface area contributed by atoms with E-state index in [2.05, 4.69) is 28.8 Å². The summed E-state index contributed by atoms with van der Waals surface area (Å²) in [5.41, 5.74) is 8.70. The number of nitrogens with two attached hydrogens (primary N) is 1. The van der Waals surface area contributed by atoms with Crippen LogP contribution in [0.2, 0.25) is 5.02 Å². The number of halogens is 2. The third kappa shape index (κ3) is 2.94. The predicted molar refractivity (Wildman–Crippen MR) is 85.2 cm³/mol. The lowest BCUT2D eigenvalue weighted by atomic mass is 10.1. The molecule has 0 bridgehead atoms. The average molecular weight is 303 g/mol. The lowest BCUT2D eigenvalue weighted by Crippen LogP contribution is -2.03. The SMILES string of the molecule is NCCc1ccc2ccn(Cc3cc(F)ccc3Cl)c2c1. The van der Waals surface area contributed by atoms with Crippen LogP contribution < -0.4 is 5.73 Å². The largest absolute Gasteiger partial charge is 0.343 e. The predicted octanol–water partition coefficient (Wildman–Crippen LogP) is 3.98. The van der Waals surface area contributed by atoms with Crippen LogP contribution >= 0.6 is 11.6 Å². The molecule has 0 spiro atoms. The molecule has 2 aromatic carbocycles. The highest BCUT2D eigenvalue weighted by molar-refractivity contribution is 6.31. The first-order valence-corrected chi connectivity index (χ1v) is 7.27. The fourth-order valence-electron chi connectivity index (χ4n) is 2.54. The van der Waals surface area contributed by atoms with Crippen molar-refractivity contribution in [3.05, 3.63) is 70.6 Å². The molecule has 2 N–H and O–H groups in total. The third-order valence-electron chi connectivity index (χ3n) is 3.62. The molecule has 0 amide bonds. The van der Waals surface area contributed by atoms with Gasteiger partial charge in [-0.2, -0.15) is 0 Å². The Balaban J connectivity index is 2.00. The summed E-state index contributed by atoms with van der Waals surface area (Å²) in [5, 5.41) is 1.74. The second-order valence-electron chi connectivity index (χ2n) is 5.11. The van der Waals surface area contributed by atoms with Crippen LogP contribution in [0.4, 0.5) is 4.39 Å². The average Bonchev–Trinajstić information content (AvgIpc) is 2.86. The van der Waals surface area contributed by atoms with Gasteiger partial charge in [0.1, 0.15) is 5.82 Å². The molecule has 0 atom stereocenters. The fraction of sp³-hybridized carbons (Fsp3) is 0.176. The van der Waals surface area contributed by atoms with Crippen LogP contribution in [0.1, 0.15) is 11.1 Å². The summed E-state index contributed by atoms with van der Waals surface area (Å²) in [6.07, 6.45) is 2.85. The van der Waals surface area contributed by atoms with E-state index in [-0.39, 0.29) is 5.82 Å². The van der Waals surface area contributed by atoms with Gasteiger partial charge >= 0.3 is 0 Å². The number of nitrogens with zero attached hydrogens (tertiary/aromatic N) is 1. The lowest BCUT2D eigenvalue weighted by molar-refractivity contribution is 0.624.